The van der Waals surface area contributed by atoms with Crippen LogP contribution in [0.3, 0.4) is 0 Å². The summed E-state index contributed by atoms with van der Waals surface area (Å²) in [5.74, 6) is 0. The number of nitrogens with one attached hydrogen (secondary N) is 2. The van der Waals surface area contributed by atoms with Crippen molar-refractivity contribution in [3.8, 4) is 22.7 Å². The summed E-state index contributed by atoms with van der Waals surface area (Å²) >= 11 is 0. The Labute approximate surface area is 486 Å². The van der Waals surface area contributed by atoms with Crippen LogP contribution in [0.1, 0.15) is 40.0 Å². The van der Waals surface area contributed by atoms with Crippen LogP contribution in [0.25, 0.3) is 121 Å². The van der Waals surface area contributed by atoms with Crippen molar-refractivity contribution in [3.63, 3.8) is 0 Å². The Morgan fingerprint density at radius 2 is 0.709 bits per heavy atom. The van der Waals surface area contributed by atoms with E-state index in [9.17, 15) is 13.2 Å². The molecule has 12 heteroatoms. The minimum Gasteiger partial charge on any atom is -0.366 e. The Balaban J connectivity index is 0.939. The lowest BCUT2D eigenvalue weighted by molar-refractivity contribution is -0.142. The molecule has 12 aromatic carbocycles. The Hall–Kier alpha value is -10.6. The van der Waals surface area contributed by atoms with E-state index in [1.54, 1.807) is 0 Å². The highest BCUT2D eigenvalue weighted by Gasteiger charge is 2.41. The summed E-state index contributed by atoms with van der Waals surface area (Å²) in [4.78, 5) is 0. The van der Waals surface area contributed by atoms with Gasteiger partial charge in [0, 0.05) is 82.7 Å². The molecule has 0 radical (unpaired) electrons. The van der Waals surface area contributed by atoms with Gasteiger partial charge in [-0.25, -0.2) is 0 Å². The van der Waals surface area contributed by atoms with Gasteiger partial charge in [-0.2, -0.15) is 26.3 Å². The summed E-state index contributed by atoms with van der Waals surface area (Å²) in [7, 11) is 0. The van der Waals surface area contributed by atoms with Gasteiger partial charge < -0.3 is 23.6 Å². The second kappa shape index (κ2) is 18.5. The SMILES string of the molecule is FC(F)(F)c1ccc(C(F)(F)F)c(C2Nc3ccc4ccccc4c3C(c3cc(-n4c5ccccc5c5cc(-n6c7ccccc7c7ccccc76)ccc54)cc(-n4c5ccccc5c5cc(-n6c7ccccc7c7ccccc76)ccc54)c3)N2)c1. The fourth-order valence-corrected chi connectivity index (χ4v) is 14.0. The van der Waals surface area contributed by atoms with Gasteiger partial charge in [0.15, 0.2) is 0 Å². The smallest absolute Gasteiger partial charge is 0.366 e. The van der Waals surface area contributed by atoms with Crippen molar-refractivity contribution in [2.45, 2.75) is 24.6 Å². The molecule has 17 rings (SSSR count). The number of alkyl halides is 6. The number of benzene rings is 12. The molecule has 5 heterocycles. The van der Waals surface area contributed by atoms with Crippen LogP contribution in [0, 0.1) is 0 Å². The fourth-order valence-electron chi connectivity index (χ4n) is 14.0. The minimum absolute atomic E-state index is 0.485. The summed E-state index contributed by atoms with van der Waals surface area (Å²) in [6, 6.07) is 82.0. The topological polar surface area (TPSA) is 43.8 Å². The summed E-state index contributed by atoms with van der Waals surface area (Å²) in [5, 5.41) is 17.1. The highest BCUT2D eigenvalue weighted by molar-refractivity contribution is 6.14. The van der Waals surface area contributed by atoms with E-state index >= 15 is 13.2 Å². The van der Waals surface area contributed by atoms with Gasteiger partial charge in [-0.05, 0) is 132 Å². The fraction of sp³-hybridized carbons (Fsp3) is 0.0541. The summed E-state index contributed by atoms with van der Waals surface area (Å²) in [6.07, 6.45) is -11.3. The molecule has 6 nitrogen and oxygen atoms in total. The van der Waals surface area contributed by atoms with Crippen molar-refractivity contribution in [3.05, 3.63) is 283 Å². The quantitative estimate of drug-likeness (QED) is 0.163. The first kappa shape index (κ1) is 50.0. The maximum absolute atomic E-state index is 15.2. The van der Waals surface area contributed by atoms with Crippen LogP contribution in [-0.4, -0.2) is 18.3 Å². The molecule has 2 atom stereocenters. The normalized spacial score (nSPS) is 14.9. The monoisotopic (exact) mass is 1130 g/mol. The second-order valence-electron chi connectivity index (χ2n) is 22.4. The third-order valence-corrected chi connectivity index (χ3v) is 17.7. The highest BCUT2D eigenvalue weighted by Crippen LogP contribution is 2.48. The van der Waals surface area contributed by atoms with E-state index in [4.69, 9.17) is 0 Å². The van der Waals surface area contributed by atoms with Gasteiger partial charge in [-0.3, -0.25) is 5.32 Å². The van der Waals surface area contributed by atoms with Crippen LogP contribution in [0.5, 0.6) is 0 Å². The van der Waals surface area contributed by atoms with Crippen molar-refractivity contribution in [2.75, 3.05) is 5.32 Å². The number of halogens is 6. The number of fused-ring (bicyclic) bond motifs is 15. The average Bonchev–Trinajstić information content (AvgIpc) is 1.57. The zero-order chi connectivity index (χ0) is 57.7. The van der Waals surface area contributed by atoms with Gasteiger partial charge in [0.2, 0.25) is 0 Å². The van der Waals surface area contributed by atoms with E-state index in [0.29, 0.717) is 29.4 Å². The van der Waals surface area contributed by atoms with Gasteiger partial charge in [-0.1, -0.05) is 140 Å². The molecular formula is C74H46F6N6. The first-order chi connectivity index (χ1) is 41.9. The van der Waals surface area contributed by atoms with Crippen LogP contribution >= 0.6 is 0 Å². The Morgan fingerprint density at radius 1 is 0.314 bits per heavy atom. The Morgan fingerprint density at radius 3 is 1.15 bits per heavy atom. The molecule has 0 bridgehead atoms. The van der Waals surface area contributed by atoms with Crippen LogP contribution in [0.4, 0.5) is 32.0 Å². The highest BCUT2D eigenvalue weighted by atomic mass is 19.4. The Kier molecular flexibility index (Phi) is 10.7. The number of hydrogen-bond acceptors (Lipinski definition) is 2. The van der Waals surface area contributed by atoms with Crippen molar-refractivity contribution in [2.24, 2.45) is 0 Å². The first-order valence-electron chi connectivity index (χ1n) is 28.4. The van der Waals surface area contributed by atoms with Gasteiger partial charge in [0.05, 0.1) is 61.3 Å². The van der Waals surface area contributed by atoms with Crippen molar-refractivity contribution in [1.82, 2.24) is 23.6 Å². The van der Waals surface area contributed by atoms with Crippen LogP contribution in [-0.2, 0) is 12.4 Å². The lowest BCUT2D eigenvalue weighted by Gasteiger charge is -2.37. The van der Waals surface area contributed by atoms with Gasteiger partial charge in [-0.15, -0.1) is 0 Å². The summed E-state index contributed by atoms with van der Waals surface area (Å²) < 4.78 is 98.7. The van der Waals surface area contributed by atoms with E-state index in [1.807, 2.05) is 60.7 Å². The molecule has 2 unspecified atom stereocenters. The number of anilines is 1. The standard InChI is InChI=1S/C74H46F6N6/c75-73(76,77)45-30-33-60(74(78,79)80)59(39-45)72-81-61-34-29-43-15-1-2-16-50(43)70(61)71(82-72)44-37-48(85-66-27-13-7-21-55(66)57-41-46(31-35-68(57)85)83-62-23-9-3-17-51(62)52-18-4-10-24-63(52)83)40-49(38-44)86-67-28-14-8-22-56(67)58-42-47(32-36-69(58)86)84-64-25-11-5-19-53(64)54-20-6-12-26-65(54)84/h1-42,71-72,81-82H. The van der Waals surface area contributed by atoms with E-state index in [0.717, 1.165) is 126 Å². The molecule has 0 saturated heterocycles. The molecule has 0 fully saturated rings. The van der Waals surface area contributed by atoms with Gasteiger partial charge in [0.1, 0.15) is 6.17 Å². The molecule has 1 aliphatic rings. The third kappa shape index (κ3) is 7.52. The van der Waals surface area contributed by atoms with Crippen LogP contribution < -0.4 is 10.6 Å². The predicted molar refractivity (Wildman–Crippen MR) is 336 cm³/mol. The molecule has 4 aromatic heterocycles. The molecule has 0 amide bonds. The molecule has 1 aliphatic heterocycles. The lowest BCUT2D eigenvalue weighted by Crippen LogP contribution is -2.38. The maximum atomic E-state index is 15.2. The predicted octanol–water partition coefficient (Wildman–Crippen LogP) is 20.1. The molecule has 414 valence electrons. The first-order valence-corrected chi connectivity index (χ1v) is 28.4. The van der Waals surface area contributed by atoms with E-state index < -0.39 is 41.3 Å². The zero-order valence-corrected chi connectivity index (χ0v) is 45.5. The average molecular weight is 1130 g/mol. The molecule has 2 N–H and O–H groups in total. The van der Waals surface area contributed by atoms with E-state index in [2.05, 4.69) is 205 Å². The largest absolute Gasteiger partial charge is 0.416 e. The van der Waals surface area contributed by atoms with Crippen LogP contribution in [0.15, 0.2) is 255 Å². The molecule has 0 spiro atoms. The van der Waals surface area contributed by atoms with Crippen LogP contribution in [0.2, 0.25) is 0 Å². The van der Waals surface area contributed by atoms with Crippen molar-refractivity contribution >= 4 is 104 Å². The van der Waals surface area contributed by atoms with Gasteiger partial charge in [0.25, 0.3) is 0 Å². The number of hydrogen-bond donors (Lipinski definition) is 2. The number of aromatic nitrogens is 4. The van der Waals surface area contributed by atoms with Gasteiger partial charge >= 0.3 is 12.4 Å². The molecule has 0 saturated carbocycles. The number of nitrogens with zero attached hydrogens (tertiary/aromatic N) is 4. The molecule has 16 aromatic rings. The third-order valence-electron chi connectivity index (χ3n) is 17.7. The minimum atomic E-state index is -4.98. The summed E-state index contributed by atoms with van der Waals surface area (Å²) in [6.45, 7) is 0. The molecule has 0 aliphatic carbocycles. The Bertz CT molecular complexity index is 5150. The van der Waals surface area contributed by atoms with Crippen molar-refractivity contribution < 1.29 is 26.3 Å². The second-order valence-corrected chi connectivity index (χ2v) is 22.4. The zero-order valence-electron chi connectivity index (χ0n) is 45.5. The molecule has 86 heavy (non-hydrogen) atoms. The lowest BCUT2D eigenvalue weighted by atomic mass is 9.88. The number of para-hydroxylation sites is 6. The van der Waals surface area contributed by atoms with E-state index in [-0.39, 0.29) is 0 Å². The van der Waals surface area contributed by atoms with Crippen molar-refractivity contribution in [1.29, 1.82) is 0 Å². The summed E-state index contributed by atoms with van der Waals surface area (Å²) in [5.41, 5.74) is 10.4. The molecular weight excluding hydrogens is 1090 g/mol. The van der Waals surface area contributed by atoms with E-state index in [1.165, 1.54) is 0 Å². The maximum Gasteiger partial charge on any atom is 0.416 e. The number of rotatable bonds is 6.